The van der Waals surface area contributed by atoms with E-state index in [1.807, 2.05) is 0 Å². The van der Waals surface area contributed by atoms with Gasteiger partial charge in [-0.05, 0) is 39.8 Å². The fourth-order valence-electron chi connectivity index (χ4n) is 1.26. The standard InChI is InChI=1S/C14H17O4/c1-9(2)17-13(15)11-6-5-7-12(8-11)14(16)18-10(3)4/h5-7,9-10H,1-4H3. The molecule has 0 amide bonds. The lowest BCUT2D eigenvalue weighted by Crippen LogP contribution is -2.15. The van der Waals surface area contributed by atoms with E-state index in [0.717, 1.165) is 0 Å². The van der Waals surface area contributed by atoms with E-state index in [1.165, 1.54) is 0 Å². The maximum absolute atomic E-state index is 11.6. The SMILES string of the molecule is CC(C)OC(=O)c1[c]c(C(=O)OC(C)C)ccc1. The molecule has 0 heterocycles. The lowest BCUT2D eigenvalue weighted by molar-refractivity contribution is 0.0377. The predicted molar refractivity (Wildman–Crippen MR) is 66.4 cm³/mol. The van der Waals surface area contributed by atoms with Crippen LogP contribution in [0.4, 0.5) is 0 Å². The van der Waals surface area contributed by atoms with E-state index in [4.69, 9.17) is 9.47 Å². The second-order valence-corrected chi connectivity index (χ2v) is 4.39. The zero-order chi connectivity index (χ0) is 13.7. The minimum atomic E-state index is -0.496. The van der Waals surface area contributed by atoms with Crippen LogP contribution >= 0.6 is 0 Å². The first-order valence-corrected chi connectivity index (χ1v) is 5.84. The minimum Gasteiger partial charge on any atom is -0.459 e. The van der Waals surface area contributed by atoms with Gasteiger partial charge in [0, 0.05) is 6.07 Å². The average molecular weight is 249 g/mol. The van der Waals surface area contributed by atoms with Crippen LogP contribution in [0.3, 0.4) is 0 Å². The topological polar surface area (TPSA) is 52.6 Å². The largest absolute Gasteiger partial charge is 0.459 e. The van der Waals surface area contributed by atoms with Gasteiger partial charge in [0.15, 0.2) is 0 Å². The van der Waals surface area contributed by atoms with Crippen molar-refractivity contribution >= 4 is 11.9 Å². The Labute approximate surface area is 107 Å². The molecular formula is C14H17O4. The van der Waals surface area contributed by atoms with Crippen molar-refractivity contribution in [3.05, 3.63) is 35.4 Å². The van der Waals surface area contributed by atoms with E-state index >= 15 is 0 Å². The van der Waals surface area contributed by atoms with Gasteiger partial charge in [0.1, 0.15) is 0 Å². The van der Waals surface area contributed by atoms with Crippen molar-refractivity contribution in [1.82, 2.24) is 0 Å². The Bertz CT molecular complexity index is 398. The summed E-state index contributed by atoms with van der Waals surface area (Å²) in [4.78, 5) is 23.3. The van der Waals surface area contributed by atoms with Gasteiger partial charge in [-0.3, -0.25) is 0 Å². The highest BCUT2D eigenvalue weighted by molar-refractivity contribution is 5.94. The van der Waals surface area contributed by atoms with Crippen molar-refractivity contribution in [1.29, 1.82) is 0 Å². The molecule has 0 fully saturated rings. The Morgan fingerprint density at radius 2 is 1.33 bits per heavy atom. The minimum absolute atomic E-state index is 0.211. The van der Waals surface area contributed by atoms with E-state index in [0.29, 0.717) is 0 Å². The Kier molecular flexibility index (Phi) is 4.89. The summed E-state index contributed by atoms with van der Waals surface area (Å²) in [5.74, 6) is -0.992. The van der Waals surface area contributed by atoms with Gasteiger partial charge in [0.25, 0.3) is 0 Å². The zero-order valence-corrected chi connectivity index (χ0v) is 11.0. The maximum Gasteiger partial charge on any atom is 0.339 e. The number of esters is 2. The third-order valence-electron chi connectivity index (χ3n) is 1.92. The summed E-state index contributed by atoms with van der Waals surface area (Å²) in [5.41, 5.74) is 0.448. The van der Waals surface area contributed by atoms with Crippen LogP contribution in [-0.2, 0) is 9.47 Å². The molecule has 0 aliphatic carbocycles. The van der Waals surface area contributed by atoms with Crippen LogP contribution < -0.4 is 0 Å². The highest BCUT2D eigenvalue weighted by Gasteiger charge is 2.14. The molecule has 4 nitrogen and oxygen atoms in total. The van der Waals surface area contributed by atoms with E-state index in [9.17, 15) is 9.59 Å². The first-order valence-electron chi connectivity index (χ1n) is 5.84. The van der Waals surface area contributed by atoms with Crippen LogP contribution in [0.5, 0.6) is 0 Å². The molecule has 0 unspecified atom stereocenters. The third kappa shape index (κ3) is 4.20. The molecule has 0 bridgehead atoms. The van der Waals surface area contributed by atoms with Gasteiger partial charge in [-0.2, -0.15) is 0 Å². The third-order valence-corrected chi connectivity index (χ3v) is 1.92. The molecule has 1 radical (unpaired) electrons. The van der Waals surface area contributed by atoms with Crippen LogP contribution in [0.1, 0.15) is 48.4 Å². The number of hydrogen-bond donors (Lipinski definition) is 0. The summed E-state index contributed by atoms with van der Waals surface area (Å²) in [6.07, 6.45) is -0.422. The molecule has 97 valence electrons. The molecule has 1 rings (SSSR count). The zero-order valence-electron chi connectivity index (χ0n) is 11.0. The van der Waals surface area contributed by atoms with Gasteiger partial charge in [-0.1, -0.05) is 6.07 Å². The maximum atomic E-state index is 11.6. The highest BCUT2D eigenvalue weighted by atomic mass is 16.5. The van der Waals surface area contributed by atoms with Gasteiger partial charge < -0.3 is 9.47 Å². The van der Waals surface area contributed by atoms with Crippen molar-refractivity contribution in [2.24, 2.45) is 0 Å². The van der Waals surface area contributed by atoms with Crippen LogP contribution in [-0.4, -0.2) is 24.1 Å². The van der Waals surface area contributed by atoms with E-state index < -0.39 is 11.9 Å². The van der Waals surface area contributed by atoms with Gasteiger partial charge in [-0.25, -0.2) is 9.59 Å². The highest BCUT2D eigenvalue weighted by Crippen LogP contribution is 2.09. The number of carbonyl (C=O) groups excluding carboxylic acids is 2. The Morgan fingerprint density at radius 3 is 1.67 bits per heavy atom. The van der Waals surface area contributed by atoms with Crippen LogP contribution in [0.2, 0.25) is 0 Å². The molecule has 0 saturated carbocycles. The molecule has 0 saturated heterocycles. The second-order valence-electron chi connectivity index (χ2n) is 4.39. The lowest BCUT2D eigenvalue weighted by Gasteiger charge is -2.10. The number of rotatable bonds is 4. The smallest absolute Gasteiger partial charge is 0.339 e. The fourth-order valence-corrected chi connectivity index (χ4v) is 1.26. The average Bonchev–Trinajstić information content (AvgIpc) is 2.27. The molecule has 0 atom stereocenters. The molecule has 0 aromatic heterocycles. The number of benzene rings is 1. The Morgan fingerprint density at radius 1 is 0.944 bits per heavy atom. The summed E-state index contributed by atoms with van der Waals surface area (Å²) >= 11 is 0. The molecule has 4 heteroatoms. The summed E-state index contributed by atoms with van der Waals surface area (Å²) in [6.45, 7) is 7.03. The van der Waals surface area contributed by atoms with E-state index in [-0.39, 0.29) is 23.3 Å². The molecule has 1 aromatic rings. The molecule has 0 spiro atoms. The lowest BCUT2D eigenvalue weighted by atomic mass is 10.1. The monoisotopic (exact) mass is 249 g/mol. The first-order chi connectivity index (χ1) is 8.40. The van der Waals surface area contributed by atoms with Crippen LogP contribution in [0.25, 0.3) is 0 Å². The number of carbonyl (C=O) groups is 2. The second kappa shape index (κ2) is 6.19. The molecule has 18 heavy (non-hydrogen) atoms. The molecule has 1 aromatic carbocycles. The molecule has 0 N–H and O–H groups in total. The van der Waals surface area contributed by atoms with Gasteiger partial charge in [0.2, 0.25) is 0 Å². The van der Waals surface area contributed by atoms with Crippen molar-refractivity contribution in [3.8, 4) is 0 Å². The van der Waals surface area contributed by atoms with Crippen molar-refractivity contribution < 1.29 is 19.1 Å². The van der Waals surface area contributed by atoms with Gasteiger partial charge in [0.05, 0.1) is 23.3 Å². The molecular weight excluding hydrogens is 232 g/mol. The summed E-state index contributed by atoms with van der Waals surface area (Å²) in [7, 11) is 0. The summed E-state index contributed by atoms with van der Waals surface area (Å²) in [6, 6.07) is 7.41. The van der Waals surface area contributed by atoms with Crippen LogP contribution in [0, 0.1) is 6.07 Å². The van der Waals surface area contributed by atoms with Gasteiger partial charge >= 0.3 is 11.9 Å². The van der Waals surface area contributed by atoms with Crippen molar-refractivity contribution in [2.75, 3.05) is 0 Å². The van der Waals surface area contributed by atoms with Crippen molar-refractivity contribution in [2.45, 2.75) is 39.9 Å². The normalized spacial score (nSPS) is 10.6. The number of ether oxygens (including phenoxy) is 2. The summed E-state index contributed by atoms with van der Waals surface area (Å²) in [5, 5.41) is 0. The molecule has 0 aliphatic rings. The van der Waals surface area contributed by atoms with E-state index in [2.05, 4.69) is 6.07 Å². The molecule has 0 aliphatic heterocycles. The fraction of sp³-hybridized carbons (Fsp3) is 0.429. The van der Waals surface area contributed by atoms with Crippen LogP contribution in [0.15, 0.2) is 18.2 Å². The Hall–Kier alpha value is -1.84. The van der Waals surface area contributed by atoms with E-state index in [1.54, 1.807) is 45.9 Å². The van der Waals surface area contributed by atoms with Gasteiger partial charge in [-0.15, -0.1) is 0 Å². The first kappa shape index (κ1) is 14.2. The number of hydrogen-bond acceptors (Lipinski definition) is 4. The Balaban J connectivity index is 2.85. The predicted octanol–water partition coefficient (Wildman–Crippen LogP) is 2.62. The quantitative estimate of drug-likeness (QED) is 0.770. The summed E-state index contributed by atoms with van der Waals surface area (Å²) < 4.78 is 10.1. The van der Waals surface area contributed by atoms with Crippen molar-refractivity contribution in [3.63, 3.8) is 0 Å².